The van der Waals surface area contributed by atoms with Gasteiger partial charge in [0.25, 0.3) is 5.89 Å². The Hall–Kier alpha value is -0.980. The molecule has 1 saturated carbocycles. The number of piperidine rings is 1. The molecular weight excluding hydrogens is 246 g/mol. The molecule has 6 nitrogen and oxygen atoms in total. The van der Waals surface area contributed by atoms with Crippen LogP contribution in [0.2, 0.25) is 0 Å². The van der Waals surface area contributed by atoms with Gasteiger partial charge in [0, 0.05) is 13.7 Å². The first-order chi connectivity index (χ1) is 9.19. The number of nitrogens with zero attached hydrogens (tertiary/aromatic N) is 2. The highest BCUT2D eigenvalue weighted by Gasteiger charge is 2.43. The Morgan fingerprint density at radius 2 is 2.05 bits per heavy atom. The van der Waals surface area contributed by atoms with Crippen LogP contribution in [0.1, 0.15) is 50.2 Å². The second-order valence-electron chi connectivity index (χ2n) is 5.64. The van der Waals surface area contributed by atoms with Crippen LogP contribution in [0.25, 0.3) is 0 Å². The summed E-state index contributed by atoms with van der Waals surface area (Å²) in [6.45, 7) is 1.39. The van der Waals surface area contributed by atoms with Crippen molar-refractivity contribution in [1.29, 1.82) is 0 Å². The Morgan fingerprint density at radius 1 is 1.26 bits per heavy atom. The molecule has 2 N–H and O–H groups in total. The van der Waals surface area contributed by atoms with Gasteiger partial charge < -0.3 is 19.7 Å². The lowest BCUT2D eigenvalue weighted by molar-refractivity contribution is -0.0179. The summed E-state index contributed by atoms with van der Waals surface area (Å²) in [6.07, 6.45) is 5.62. The first kappa shape index (κ1) is 13.0. The zero-order chi connectivity index (χ0) is 13.3. The van der Waals surface area contributed by atoms with Gasteiger partial charge in [-0.25, -0.2) is 0 Å². The number of β-amino-alcohol motifs (C(OH)–C–C–N with tert-alkyl or cyclic N) is 1. The summed E-state index contributed by atoms with van der Waals surface area (Å²) in [5, 5.41) is 17.8. The molecule has 106 valence electrons. The van der Waals surface area contributed by atoms with Crippen molar-refractivity contribution in [3.63, 3.8) is 0 Å². The van der Waals surface area contributed by atoms with Crippen LogP contribution >= 0.6 is 0 Å². The van der Waals surface area contributed by atoms with Crippen LogP contribution in [-0.4, -0.2) is 35.4 Å². The highest BCUT2D eigenvalue weighted by Crippen LogP contribution is 2.41. The smallest absolute Gasteiger partial charge is 0.260 e. The molecular formula is C13H21N3O3. The molecule has 0 amide bonds. The highest BCUT2D eigenvalue weighted by molar-refractivity contribution is 5.08. The van der Waals surface area contributed by atoms with Crippen molar-refractivity contribution in [3.8, 4) is 0 Å². The first-order valence-corrected chi connectivity index (χ1v) is 7.01. The molecule has 6 heteroatoms. The van der Waals surface area contributed by atoms with Crippen LogP contribution in [-0.2, 0) is 15.9 Å². The molecule has 2 heterocycles. The summed E-state index contributed by atoms with van der Waals surface area (Å²) >= 11 is 0. The van der Waals surface area contributed by atoms with Crippen molar-refractivity contribution >= 4 is 0 Å². The summed E-state index contributed by atoms with van der Waals surface area (Å²) in [7, 11) is 1.69. The fourth-order valence-corrected chi connectivity index (χ4v) is 3.13. The Labute approximate surface area is 112 Å². The number of aliphatic hydroxyl groups is 1. The van der Waals surface area contributed by atoms with Gasteiger partial charge in [0.2, 0.25) is 5.82 Å². The highest BCUT2D eigenvalue weighted by atomic mass is 16.5. The zero-order valence-electron chi connectivity index (χ0n) is 11.3. The standard InChI is InChI=1S/C13H21N3O3/c1-18-13(6-2-3-7-13)10-15-11(19-16-10)12(17)5-4-8-14-9-12/h14,17H,2-9H2,1H3. The molecule has 2 fully saturated rings. The molecule has 0 radical (unpaired) electrons. The van der Waals surface area contributed by atoms with Gasteiger partial charge in [-0.1, -0.05) is 5.16 Å². The minimum absolute atomic E-state index is 0.318. The van der Waals surface area contributed by atoms with Crippen molar-refractivity contribution < 1.29 is 14.4 Å². The predicted molar refractivity (Wildman–Crippen MR) is 67.5 cm³/mol. The normalized spacial score (nSPS) is 30.6. The van der Waals surface area contributed by atoms with Crippen LogP contribution < -0.4 is 5.32 Å². The number of ether oxygens (including phenoxy) is 1. The van der Waals surface area contributed by atoms with E-state index in [9.17, 15) is 5.11 Å². The van der Waals surface area contributed by atoms with E-state index >= 15 is 0 Å². The lowest BCUT2D eigenvalue weighted by Crippen LogP contribution is -2.43. The molecule has 1 aromatic rings. The van der Waals surface area contributed by atoms with Crippen molar-refractivity contribution in [2.75, 3.05) is 20.2 Å². The Balaban J connectivity index is 1.86. The summed E-state index contributed by atoms with van der Waals surface area (Å²) in [5.41, 5.74) is -1.45. The lowest BCUT2D eigenvalue weighted by atomic mass is 9.94. The van der Waals surface area contributed by atoms with E-state index in [2.05, 4.69) is 15.5 Å². The number of hydrogen-bond donors (Lipinski definition) is 2. The first-order valence-electron chi connectivity index (χ1n) is 7.01. The van der Waals surface area contributed by atoms with Crippen molar-refractivity contribution in [3.05, 3.63) is 11.7 Å². The van der Waals surface area contributed by atoms with Crippen molar-refractivity contribution in [2.45, 2.75) is 49.7 Å². The van der Waals surface area contributed by atoms with Gasteiger partial charge in [-0.15, -0.1) is 0 Å². The Bertz CT molecular complexity index is 434. The second kappa shape index (κ2) is 4.85. The van der Waals surface area contributed by atoms with Crippen molar-refractivity contribution in [1.82, 2.24) is 15.5 Å². The SMILES string of the molecule is COC1(c2noc(C3(O)CCCNC3)n2)CCCC1. The van der Waals surface area contributed by atoms with Crippen LogP contribution in [0, 0.1) is 0 Å². The number of methoxy groups -OCH3 is 1. The molecule has 0 aromatic carbocycles. The van der Waals surface area contributed by atoms with Gasteiger partial charge in [0.05, 0.1) is 0 Å². The Kier molecular flexibility index (Phi) is 3.32. The number of aromatic nitrogens is 2. The molecule has 19 heavy (non-hydrogen) atoms. The van der Waals surface area contributed by atoms with Crippen LogP contribution in [0.4, 0.5) is 0 Å². The maximum Gasteiger partial charge on any atom is 0.260 e. The van der Waals surface area contributed by atoms with E-state index in [1.807, 2.05) is 0 Å². The molecule has 0 spiro atoms. The predicted octanol–water partition coefficient (Wildman–Crippen LogP) is 1.06. The van der Waals surface area contributed by atoms with Crippen LogP contribution in [0.15, 0.2) is 4.52 Å². The molecule has 0 bridgehead atoms. The summed E-state index contributed by atoms with van der Waals surface area (Å²) < 4.78 is 11.0. The van der Waals surface area contributed by atoms with Crippen LogP contribution in [0.5, 0.6) is 0 Å². The minimum atomic E-state index is -1.03. The molecule has 3 rings (SSSR count). The summed E-state index contributed by atoms with van der Waals surface area (Å²) in [4.78, 5) is 4.44. The molecule has 1 aromatic heterocycles. The maximum absolute atomic E-state index is 10.6. The van der Waals surface area contributed by atoms with E-state index in [1.165, 1.54) is 0 Å². The topological polar surface area (TPSA) is 80.4 Å². The quantitative estimate of drug-likeness (QED) is 0.852. The average Bonchev–Trinajstić information content (AvgIpc) is 3.09. The van der Waals surface area contributed by atoms with E-state index in [0.717, 1.165) is 38.6 Å². The molecule has 2 aliphatic rings. The molecule has 1 atom stereocenters. The van der Waals surface area contributed by atoms with E-state index in [1.54, 1.807) is 7.11 Å². The summed E-state index contributed by atoms with van der Waals surface area (Å²) in [5.74, 6) is 0.902. The average molecular weight is 267 g/mol. The fraction of sp³-hybridized carbons (Fsp3) is 0.846. The number of rotatable bonds is 3. The zero-order valence-corrected chi connectivity index (χ0v) is 11.3. The summed E-state index contributed by atoms with van der Waals surface area (Å²) in [6, 6.07) is 0. The third-order valence-electron chi connectivity index (χ3n) is 4.39. The molecule has 1 aliphatic carbocycles. The third kappa shape index (κ3) is 2.17. The van der Waals surface area contributed by atoms with Gasteiger partial charge in [-0.2, -0.15) is 4.98 Å². The van der Waals surface area contributed by atoms with E-state index in [4.69, 9.17) is 9.26 Å². The maximum atomic E-state index is 10.6. The van der Waals surface area contributed by atoms with Gasteiger partial charge in [0.15, 0.2) is 5.60 Å². The fourth-order valence-electron chi connectivity index (χ4n) is 3.13. The third-order valence-corrected chi connectivity index (χ3v) is 4.39. The largest absolute Gasteiger partial charge is 0.379 e. The molecule has 1 unspecified atom stereocenters. The Morgan fingerprint density at radius 3 is 2.68 bits per heavy atom. The molecule has 1 saturated heterocycles. The minimum Gasteiger partial charge on any atom is -0.379 e. The van der Waals surface area contributed by atoms with E-state index in [0.29, 0.717) is 24.7 Å². The van der Waals surface area contributed by atoms with Gasteiger partial charge in [0.1, 0.15) is 5.60 Å². The monoisotopic (exact) mass is 267 g/mol. The van der Waals surface area contributed by atoms with Gasteiger partial charge >= 0.3 is 0 Å². The van der Waals surface area contributed by atoms with E-state index in [-0.39, 0.29) is 0 Å². The molecule has 1 aliphatic heterocycles. The van der Waals surface area contributed by atoms with E-state index < -0.39 is 11.2 Å². The lowest BCUT2D eigenvalue weighted by Gasteiger charge is -2.29. The van der Waals surface area contributed by atoms with Gasteiger partial charge in [-0.05, 0) is 45.1 Å². The number of nitrogens with one attached hydrogen (secondary N) is 1. The van der Waals surface area contributed by atoms with Crippen molar-refractivity contribution in [2.24, 2.45) is 0 Å². The van der Waals surface area contributed by atoms with Gasteiger partial charge in [-0.3, -0.25) is 0 Å². The van der Waals surface area contributed by atoms with Crippen LogP contribution in [0.3, 0.4) is 0 Å². The number of hydrogen-bond acceptors (Lipinski definition) is 6. The second-order valence-corrected chi connectivity index (χ2v) is 5.64.